The van der Waals surface area contributed by atoms with Crippen LogP contribution in [0, 0.1) is 0 Å². The number of rotatable bonds is 2. The van der Waals surface area contributed by atoms with Crippen molar-refractivity contribution in [3.63, 3.8) is 0 Å². The summed E-state index contributed by atoms with van der Waals surface area (Å²) >= 11 is 3.05. The van der Waals surface area contributed by atoms with Crippen molar-refractivity contribution in [2.45, 2.75) is 19.4 Å². The first kappa shape index (κ1) is 11.7. The number of nitrogens with zero attached hydrogens (tertiary/aromatic N) is 2. The first-order valence-corrected chi connectivity index (χ1v) is 7.38. The zero-order valence-corrected chi connectivity index (χ0v) is 11.4. The molecule has 1 atom stereocenters. The maximum Gasteiger partial charge on any atom is 0.347 e. The number of fused-ring (bicyclic) bond motifs is 1. The molecule has 0 radical (unpaired) electrons. The third-order valence-corrected chi connectivity index (χ3v) is 5.25. The molecule has 0 spiro atoms. The second-order valence-corrected chi connectivity index (χ2v) is 6.24. The number of anilines is 1. The highest BCUT2D eigenvalue weighted by molar-refractivity contribution is 7.17. The zero-order valence-electron chi connectivity index (χ0n) is 9.79. The predicted octanol–water partition coefficient (Wildman–Crippen LogP) is 3.03. The third-order valence-electron chi connectivity index (χ3n) is 3.23. The molecule has 0 bridgehead atoms. The lowest BCUT2D eigenvalue weighted by molar-refractivity contribution is 0.0702. The Morgan fingerprint density at radius 2 is 2.44 bits per heavy atom. The summed E-state index contributed by atoms with van der Waals surface area (Å²) in [6, 6.07) is 2.43. The van der Waals surface area contributed by atoms with E-state index >= 15 is 0 Å². The largest absolute Gasteiger partial charge is 0.477 e. The number of thiophene rings is 1. The van der Waals surface area contributed by atoms with E-state index in [-0.39, 0.29) is 6.04 Å². The Kier molecular flexibility index (Phi) is 2.83. The molecule has 0 aromatic carbocycles. The molecule has 2 aromatic rings. The summed E-state index contributed by atoms with van der Waals surface area (Å²) in [7, 11) is 0. The number of aromatic carboxylic acids is 1. The van der Waals surface area contributed by atoms with Crippen LogP contribution in [0.4, 0.5) is 5.13 Å². The highest BCUT2D eigenvalue weighted by Crippen LogP contribution is 2.37. The maximum atomic E-state index is 10.9. The fourth-order valence-electron chi connectivity index (χ4n) is 2.27. The highest BCUT2D eigenvalue weighted by atomic mass is 32.1. The van der Waals surface area contributed by atoms with Gasteiger partial charge in [-0.15, -0.1) is 11.3 Å². The number of carbonyl (C=O) groups is 1. The normalized spacial score (nSPS) is 18.7. The molecule has 3 heterocycles. The van der Waals surface area contributed by atoms with Crippen LogP contribution >= 0.6 is 22.7 Å². The highest BCUT2D eigenvalue weighted by Gasteiger charge is 2.27. The Morgan fingerprint density at radius 3 is 3.17 bits per heavy atom. The summed E-state index contributed by atoms with van der Waals surface area (Å²) in [6.45, 7) is 3.05. The lowest BCUT2D eigenvalue weighted by Crippen LogP contribution is -2.32. The summed E-state index contributed by atoms with van der Waals surface area (Å²) in [5.74, 6) is -0.903. The molecule has 0 saturated heterocycles. The number of thiazole rings is 1. The van der Waals surface area contributed by atoms with Crippen molar-refractivity contribution in [1.82, 2.24) is 4.98 Å². The molecule has 2 aromatic heterocycles. The van der Waals surface area contributed by atoms with E-state index in [1.165, 1.54) is 28.0 Å². The zero-order chi connectivity index (χ0) is 12.7. The molecule has 0 fully saturated rings. The molecule has 6 heteroatoms. The van der Waals surface area contributed by atoms with E-state index in [0.29, 0.717) is 4.88 Å². The molecule has 0 amide bonds. The molecule has 0 aliphatic carbocycles. The van der Waals surface area contributed by atoms with Gasteiger partial charge in [0.15, 0.2) is 5.13 Å². The summed E-state index contributed by atoms with van der Waals surface area (Å²) < 4.78 is 0. The Hall–Kier alpha value is -1.40. The van der Waals surface area contributed by atoms with Crippen LogP contribution in [0.1, 0.15) is 33.1 Å². The van der Waals surface area contributed by atoms with Crippen LogP contribution in [-0.2, 0) is 6.42 Å². The average Bonchev–Trinajstić information content (AvgIpc) is 2.97. The van der Waals surface area contributed by atoms with Crippen molar-refractivity contribution in [2.24, 2.45) is 0 Å². The van der Waals surface area contributed by atoms with Crippen LogP contribution in [0.15, 0.2) is 17.6 Å². The van der Waals surface area contributed by atoms with Crippen molar-refractivity contribution >= 4 is 33.8 Å². The molecule has 18 heavy (non-hydrogen) atoms. The minimum atomic E-state index is -0.903. The van der Waals surface area contributed by atoms with Crippen LogP contribution < -0.4 is 4.90 Å². The summed E-state index contributed by atoms with van der Waals surface area (Å²) in [6.07, 6.45) is 2.46. The average molecular weight is 280 g/mol. The summed E-state index contributed by atoms with van der Waals surface area (Å²) in [5, 5.41) is 11.9. The molecule has 0 saturated carbocycles. The van der Waals surface area contributed by atoms with Gasteiger partial charge in [-0.3, -0.25) is 0 Å². The molecule has 4 nitrogen and oxygen atoms in total. The molecule has 1 aliphatic rings. The Morgan fingerprint density at radius 1 is 1.61 bits per heavy atom. The predicted molar refractivity (Wildman–Crippen MR) is 72.9 cm³/mol. The van der Waals surface area contributed by atoms with Gasteiger partial charge < -0.3 is 10.0 Å². The summed E-state index contributed by atoms with van der Waals surface area (Å²) in [4.78, 5) is 19.0. The third kappa shape index (κ3) is 1.81. The van der Waals surface area contributed by atoms with Crippen LogP contribution in [0.25, 0.3) is 0 Å². The smallest absolute Gasteiger partial charge is 0.347 e. The number of hydrogen-bond acceptors (Lipinski definition) is 5. The van der Waals surface area contributed by atoms with Crippen LogP contribution in [0.3, 0.4) is 0 Å². The fourth-order valence-corrected chi connectivity index (χ4v) is 4.09. The van der Waals surface area contributed by atoms with E-state index < -0.39 is 5.97 Å². The van der Waals surface area contributed by atoms with Crippen molar-refractivity contribution in [2.75, 3.05) is 11.4 Å². The lowest BCUT2D eigenvalue weighted by atomic mass is 10.0. The van der Waals surface area contributed by atoms with Gasteiger partial charge in [0.1, 0.15) is 4.88 Å². The minimum absolute atomic E-state index is 0.271. The molecule has 1 N–H and O–H groups in total. The monoisotopic (exact) mass is 280 g/mol. The first-order chi connectivity index (χ1) is 8.66. The van der Waals surface area contributed by atoms with Crippen molar-refractivity contribution < 1.29 is 9.90 Å². The van der Waals surface area contributed by atoms with E-state index in [1.807, 2.05) is 0 Å². The van der Waals surface area contributed by atoms with Crippen molar-refractivity contribution in [3.8, 4) is 0 Å². The first-order valence-electron chi connectivity index (χ1n) is 5.69. The number of carboxylic acids is 1. The minimum Gasteiger partial charge on any atom is -0.477 e. The van der Waals surface area contributed by atoms with Gasteiger partial charge in [0.2, 0.25) is 0 Å². The van der Waals surface area contributed by atoms with E-state index in [0.717, 1.165) is 18.1 Å². The molecular weight excluding hydrogens is 268 g/mol. The Balaban J connectivity index is 1.91. The number of carboxylic acid groups (broad SMARTS) is 1. The van der Waals surface area contributed by atoms with E-state index in [2.05, 4.69) is 28.3 Å². The topological polar surface area (TPSA) is 53.4 Å². The number of hydrogen-bond donors (Lipinski definition) is 1. The van der Waals surface area contributed by atoms with Crippen LogP contribution in [0.2, 0.25) is 0 Å². The van der Waals surface area contributed by atoms with Gasteiger partial charge >= 0.3 is 5.97 Å². The fraction of sp³-hybridized carbons (Fsp3) is 0.333. The van der Waals surface area contributed by atoms with E-state index in [1.54, 1.807) is 11.3 Å². The molecule has 1 aliphatic heterocycles. The van der Waals surface area contributed by atoms with E-state index in [4.69, 9.17) is 5.11 Å². The lowest BCUT2D eigenvalue weighted by Gasteiger charge is -2.33. The van der Waals surface area contributed by atoms with Gasteiger partial charge in [0.05, 0.1) is 12.2 Å². The second kappa shape index (κ2) is 4.37. The number of aromatic nitrogens is 1. The molecule has 94 valence electrons. The molecule has 3 rings (SSSR count). The van der Waals surface area contributed by atoms with E-state index in [9.17, 15) is 4.79 Å². The Labute approximate surface area is 113 Å². The van der Waals surface area contributed by atoms with Gasteiger partial charge in [-0.1, -0.05) is 11.3 Å². The summed E-state index contributed by atoms with van der Waals surface area (Å²) in [5.41, 5.74) is 1.35. The quantitative estimate of drug-likeness (QED) is 0.918. The van der Waals surface area contributed by atoms with Gasteiger partial charge in [0.25, 0.3) is 0 Å². The van der Waals surface area contributed by atoms with Crippen LogP contribution in [-0.4, -0.2) is 22.6 Å². The van der Waals surface area contributed by atoms with Gasteiger partial charge in [-0.2, -0.15) is 0 Å². The van der Waals surface area contributed by atoms with Gasteiger partial charge in [-0.05, 0) is 30.4 Å². The standard InChI is InChI=1S/C12H12N2O2S2/c1-7-8-3-5-17-9(8)2-4-14(7)12-13-6-10(18-12)11(15)16/h3,5-7H,2,4H2,1H3,(H,15,16). The SMILES string of the molecule is CC1c2ccsc2CCN1c1ncc(C(=O)O)s1. The molecule has 1 unspecified atom stereocenters. The van der Waals surface area contributed by atoms with Crippen molar-refractivity contribution in [3.05, 3.63) is 33.0 Å². The molecular formula is C12H12N2O2S2. The van der Waals surface area contributed by atoms with Gasteiger partial charge in [-0.25, -0.2) is 9.78 Å². The maximum absolute atomic E-state index is 10.9. The van der Waals surface area contributed by atoms with Crippen molar-refractivity contribution in [1.29, 1.82) is 0 Å². The Bertz CT molecular complexity index is 590. The van der Waals surface area contributed by atoms with Crippen LogP contribution in [0.5, 0.6) is 0 Å². The van der Waals surface area contributed by atoms with Gasteiger partial charge in [0, 0.05) is 11.4 Å². The second-order valence-electron chi connectivity index (χ2n) is 4.23.